The van der Waals surface area contributed by atoms with Crippen LogP contribution in [0.25, 0.3) is 22.3 Å². The van der Waals surface area contributed by atoms with Crippen molar-refractivity contribution in [3.8, 4) is 40.1 Å². The minimum absolute atomic E-state index is 0.0669. The normalized spacial score (nSPS) is 24.0. The number of phenols is 4. The van der Waals surface area contributed by atoms with E-state index in [2.05, 4.69) is 0 Å². The Kier molecular flexibility index (Phi) is 5.34. The van der Waals surface area contributed by atoms with Crippen LogP contribution in [-0.2, 0) is 4.74 Å². The number of aliphatic hydroxyl groups is 3. The average molecular weight is 448 g/mol. The van der Waals surface area contributed by atoms with Crippen molar-refractivity contribution in [1.82, 2.24) is 0 Å². The molecule has 1 saturated heterocycles. The van der Waals surface area contributed by atoms with E-state index in [1.54, 1.807) is 0 Å². The third-order valence-corrected chi connectivity index (χ3v) is 5.12. The second-order valence-corrected chi connectivity index (χ2v) is 7.44. The molecular formula is C21H20O11. The first kappa shape index (κ1) is 21.7. The highest BCUT2D eigenvalue weighted by Gasteiger charge is 2.47. The summed E-state index contributed by atoms with van der Waals surface area (Å²) >= 11 is 0. The molecule has 170 valence electrons. The highest BCUT2D eigenvalue weighted by atomic mass is 16.7. The highest BCUT2D eigenvalue weighted by Crippen LogP contribution is 2.39. The molecule has 7 N–H and O–H groups in total. The number of hydrogen-bond acceptors (Lipinski definition) is 11. The zero-order valence-electron chi connectivity index (χ0n) is 16.5. The zero-order valence-corrected chi connectivity index (χ0v) is 16.5. The van der Waals surface area contributed by atoms with E-state index in [-0.39, 0.29) is 28.0 Å². The first-order chi connectivity index (χ1) is 15.1. The van der Waals surface area contributed by atoms with Gasteiger partial charge in [-0.25, -0.2) is 0 Å². The molecule has 0 unspecified atom stereocenters. The summed E-state index contributed by atoms with van der Waals surface area (Å²) in [5, 5.41) is 69.1. The summed E-state index contributed by atoms with van der Waals surface area (Å²) in [5.41, 5.74) is -1.05. The molecule has 2 aromatic carbocycles. The smallest absolute Gasteiger partial charge is 0.239 e. The third-order valence-electron chi connectivity index (χ3n) is 5.12. The maximum absolute atomic E-state index is 13.2. The molecule has 4 rings (SSSR count). The third kappa shape index (κ3) is 3.56. The van der Waals surface area contributed by atoms with Crippen LogP contribution in [0, 0.1) is 0 Å². The van der Waals surface area contributed by atoms with Crippen LogP contribution in [0.1, 0.15) is 6.92 Å². The van der Waals surface area contributed by atoms with E-state index in [1.165, 1.54) is 13.0 Å². The molecule has 5 atom stereocenters. The van der Waals surface area contributed by atoms with Gasteiger partial charge < -0.3 is 49.6 Å². The number of fused-ring (bicyclic) bond motifs is 1. The Hall–Kier alpha value is -3.51. The molecule has 32 heavy (non-hydrogen) atoms. The molecule has 1 aliphatic heterocycles. The van der Waals surface area contributed by atoms with Crippen molar-refractivity contribution in [1.29, 1.82) is 0 Å². The lowest BCUT2D eigenvalue weighted by molar-refractivity contribution is -0.129. The topological polar surface area (TPSA) is 190 Å². The number of benzene rings is 2. The summed E-state index contributed by atoms with van der Waals surface area (Å²) in [4.78, 5) is 13.2. The van der Waals surface area contributed by atoms with E-state index in [1.807, 2.05) is 0 Å². The highest BCUT2D eigenvalue weighted by molar-refractivity contribution is 5.88. The number of rotatable bonds is 4. The summed E-state index contributed by atoms with van der Waals surface area (Å²) in [6, 6.07) is 5.51. The summed E-state index contributed by atoms with van der Waals surface area (Å²) in [6.07, 6.45) is -7.11. The fourth-order valence-corrected chi connectivity index (χ4v) is 3.51. The van der Waals surface area contributed by atoms with Gasteiger partial charge in [-0.3, -0.25) is 4.79 Å². The van der Waals surface area contributed by atoms with Gasteiger partial charge in [0.15, 0.2) is 17.3 Å². The first-order valence-corrected chi connectivity index (χ1v) is 9.50. The summed E-state index contributed by atoms with van der Waals surface area (Å²) in [6.45, 7) is 1.34. The minimum atomic E-state index is -1.64. The number of hydrogen-bond donors (Lipinski definition) is 7. The average Bonchev–Trinajstić information content (AvgIpc) is 3.00. The van der Waals surface area contributed by atoms with E-state index < -0.39 is 59.1 Å². The SMILES string of the molecule is C[C@@H](O)[C@@H]1O[C@@H](Oc2c(-c3ccc(O)c(O)c3)oc3cc(O)cc(O)c3c2=O)[C@H](O)[C@@H]1O. The largest absolute Gasteiger partial charge is 0.508 e. The Balaban J connectivity index is 1.91. The van der Waals surface area contributed by atoms with Crippen molar-refractivity contribution in [3.05, 3.63) is 40.6 Å². The van der Waals surface area contributed by atoms with Crippen molar-refractivity contribution in [3.63, 3.8) is 0 Å². The Bertz CT molecular complexity index is 1230. The number of phenolic OH excluding ortho intramolecular Hbond substituents is 4. The Morgan fingerprint density at radius 2 is 1.69 bits per heavy atom. The van der Waals surface area contributed by atoms with Crippen molar-refractivity contribution in [2.24, 2.45) is 0 Å². The molecule has 0 spiro atoms. The van der Waals surface area contributed by atoms with Crippen LogP contribution in [0.3, 0.4) is 0 Å². The number of aliphatic hydroxyl groups excluding tert-OH is 3. The summed E-state index contributed by atoms with van der Waals surface area (Å²) in [7, 11) is 0. The van der Waals surface area contributed by atoms with Crippen LogP contribution in [0.4, 0.5) is 0 Å². The van der Waals surface area contributed by atoms with Gasteiger partial charge in [0.25, 0.3) is 0 Å². The standard InChI is InChI=1S/C21H20O11/c1-7(22)18-16(28)17(29)21(31-18)32-20-15(27)14-12(26)5-9(23)6-13(14)30-19(20)8-2-3-10(24)11(25)4-8/h2-7,16-18,21-26,28-29H,1H3/t7-,16+,17-,18+,21+/m1/s1. The molecule has 11 nitrogen and oxygen atoms in total. The van der Waals surface area contributed by atoms with Gasteiger partial charge in [-0.1, -0.05) is 0 Å². The molecule has 1 aliphatic rings. The zero-order chi connectivity index (χ0) is 23.3. The lowest BCUT2D eigenvalue weighted by atomic mass is 10.1. The Morgan fingerprint density at radius 3 is 2.31 bits per heavy atom. The molecule has 0 aliphatic carbocycles. The van der Waals surface area contributed by atoms with Gasteiger partial charge >= 0.3 is 0 Å². The second-order valence-electron chi connectivity index (χ2n) is 7.44. The fourth-order valence-electron chi connectivity index (χ4n) is 3.51. The van der Waals surface area contributed by atoms with Gasteiger partial charge in [0.2, 0.25) is 17.5 Å². The monoisotopic (exact) mass is 448 g/mol. The van der Waals surface area contributed by atoms with Crippen molar-refractivity contribution < 1.29 is 49.6 Å². The van der Waals surface area contributed by atoms with E-state index in [4.69, 9.17) is 13.9 Å². The molecule has 2 heterocycles. The quantitative estimate of drug-likeness (QED) is 0.275. The molecule has 3 aromatic rings. The van der Waals surface area contributed by atoms with Gasteiger partial charge in [-0.15, -0.1) is 0 Å². The molecule has 11 heteroatoms. The maximum atomic E-state index is 13.2. The molecule has 0 radical (unpaired) electrons. The second kappa shape index (κ2) is 7.88. The number of ether oxygens (including phenoxy) is 2. The van der Waals surface area contributed by atoms with E-state index in [0.29, 0.717) is 0 Å². The van der Waals surface area contributed by atoms with Crippen molar-refractivity contribution >= 4 is 11.0 Å². The van der Waals surface area contributed by atoms with Crippen LogP contribution in [0.15, 0.2) is 39.5 Å². The van der Waals surface area contributed by atoms with Gasteiger partial charge in [0, 0.05) is 17.7 Å². The molecule has 1 aromatic heterocycles. The molecule has 0 amide bonds. The fraction of sp³-hybridized carbons (Fsp3) is 0.286. The molecule has 0 saturated carbocycles. The Labute approximate surface area is 179 Å². The van der Waals surface area contributed by atoms with E-state index in [0.717, 1.165) is 24.3 Å². The first-order valence-electron chi connectivity index (χ1n) is 9.50. The predicted molar refractivity (Wildman–Crippen MR) is 108 cm³/mol. The van der Waals surface area contributed by atoms with Crippen molar-refractivity contribution in [2.75, 3.05) is 0 Å². The van der Waals surface area contributed by atoms with Crippen molar-refractivity contribution in [2.45, 2.75) is 37.6 Å². The Morgan fingerprint density at radius 1 is 0.969 bits per heavy atom. The number of aromatic hydroxyl groups is 4. The lowest BCUT2D eigenvalue weighted by Crippen LogP contribution is -2.38. The van der Waals surface area contributed by atoms with Gasteiger partial charge in [-0.05, 0) is 25.1 Å². The van der Waals surface area contributed by atoms with Crippen LogP contribution in [0.5, 0.6) is 28.7 Å². The molecular weight excluding hydrogens is 428 g/mol. The molecule has 1 fully saturated rings. The van der Waals surface area contributed by atoms with E-state index >= 15 is 0 Å². The minimum Gasteiger partial charge on any atom is -0.508 e. The van der Waals surface area contributed by atoms with E-state index in [9.17, 15) is 40.5 Å². The summed E-state index contributed by atoms with van der Waals surface area (Å²) < 4.78 is 16.6. The summed E-state index contributed by atoms with van der Waals surface area (Å²) in [5.74, 6) is -2.79. The predicted octanol–water partition coefficient (Wildman–Crippen LogP) is 0.489. The lowest BCUT2D eigenvalue weighted by Gasteiger charge is -2.19. The van der Waals surface area contributed by atoms with Crippen LogP contribution < -0.4 is 10.2 Å². The van der Waals surface area contributed by atoms with Crippen LogP contribution >= 0.6 is 0 Å². The van der Waals surface area contributed by atoms with Gasteiger partial charge in [0.05, 0.1) is 6.10 Å². The van der Waals surface area contributed by atoms with Gasteiger partial charge in [-0.2, -0.15) is 0 Å². The van der Waals surface area contributed by atoms with Crippen LogP contribution in [0.2, 0.25) is 0 Å². The molecule has 0 bridgehead atoms. The van der Waals surface area contributed by atoms with Crippen LogP contribution in [-0.4, -0.2) is 66.5 Å². The van der Waals surface area contributed by atoms with Gasteiger partial charge in [0.1, 0.15) is 40.8 Å². The maximum Gasteiger partial charge on any atom is 0.239 e.